The van der Waals surface area contributed by atoms with Gasteiger partial charge in [-0.2, -0.15) is 0 Å². The van der Waals surface area contributed by atoms with Crippen LogP contribution in [0.25, 0.3) is 5.69 Å². The van der Waals surface area contributed by atoms with Crippen LogP contribution in [0, 0.1) is 0 Å². The summed E-state index contributed by atoms with van der Waals surface area (Å²) in [4.78, 5) is 14.6. The largest absolute Gasteiger partial charge is 0.495 e. The van der Waals surface area contributed by atoms with Crippen molar-refractivity contribution >= 4 is 17.7 Å². The monoisotopic (exact) mass is 422 g/mol. The van der Waals surface area contributed by atoms with Crippen molar-refractivity contribution < 1.29 is 9.53 Å². The van der Waals surface area contributed by atoms with E-state index in [1.165, 1.54) is 18.2 Å². The standard InChI is InChI=1S/C23H26N4O2S/c1-29-20-13-7-6-12-19(20)27-21(16-18-10-4-2-5-11-18)24-25-23(27)30-17-22(28)26-14-8-3-9-15-26/h2,4-7,10-13H,3,8-9,14-17H2,1H3. The first-order valence-corrected chi connectivity index (χ1v) is 11.3. The lowest BCUT2D eigenvalue weighted by atomic mass is 10.1. The number of nitrogens with zero attached hydrogens (tertiary/aromatic N) is 4. The van der Waals surface area contributed by atoms with Crippen molar-refractivity contribution in [2.75, 3.05) is 26.0 Å². The number of rotatable bonds is 7. The SMILES string of the molecule is COc1ccccc1-n1c(Cc2ccccc2)nnc1SCC(=O)N1CCCCC1. The van der Waals surface area contributed by atoms with Crippen LogP contribution in [-0.4, -0.2) is 51.5 Å². The predicted molar refractivity (Wildman–Crippen MR) is 118 cm³/mol. The second-order valence-electron chi connectivity index (χ2n) is 7.30. The Labute approximate surface area is 181 Å². The lowest BCUT2D eigenvalue weighted by molar-refractivity contribution is -0.129. The summed E-state index contributed by atoms with van der Waals surface area (Å²) in [7, 11) is 1.66. The Morgan fingerprint density at radius 2 is 1.73 bits per heavy atom. The molecule has 0 radical (unpaired) electrons. The first-order valence-electron chi connectivity index (χ1n) is 10.3. The van der Waals surface area contributed by atoms with Gasteiger partial charge in [-0.3, -0.25) is 9.36 Å². The van der Waals surface area contributed by atoms with E-state index in [1.807, 2.05) is 51.9 Å². The van der Waals surface area contributed by atoms with Gasteiger partial charge in [-0.1, -0.05) is 54.2 Å². The van der Waals surface area contributed by atoms with Crippen LogP contribution in [0.2, 0.25) is 0 Å². The molecule has 0 spiro atoms. The molecule has 1 aromatic heterocycles. The maximum absolute atomic E-state index is 12.7. The van der Waals surface area contributed by atoms with Crippen molar-refractivity contribution in [2.24, 2.45) is 0 Å². The Hall–Kier alpha value is -2.80. The van der Waals surface area contributed by atoms with E-state index in [0.29, 0.717) is 17.3 Å². The predicted octanol–water partition coefficient (Wildman–Crippen LogP) is 3.97. The van der Waals surface area contributed by atoms with E-state index in [4.69, 9.17) is 4.74 Å². The molecule has 3 aromatic rings. The molecule has 2 heterocycles. The highest BCUT2D eigenvalue weighted by Gasteiger charge is 2.21. The first kappa shape index (κ1) is 20.5. The van der Waals surface area contributed by atoms with Crippen LogP contribution in [0.5, 0.6) is 5.75 Å². The van der Waals surface area contributed by atoms with Crippen molar-refractivity contribution in [1.29, 1.82) is 0 Å². The van der Waals surface area contributed by atoms with Gasteiger partial charge in [-0.25, -0.2) is 0 Å². The number of hydrogen-bond donors (Lipinski definition) is 0. The molecule has 2 aromatic carbocycles. The number of hydrogen-bond acceptors (Lipinski definition) is 5. The zero-order valence-electron chi connectivity index (χ0n) is 17.2. The lowest BCUT2D eigenvalue weighted by Crippen LogP contribution is -2.36. The van der Waals surface area contributed by atoms with E-state index < -0.39 is 0 Å². The van der Waals surface area contributed by atoms with Crippen molar-refractivity contribution in [1.82, 2.24) is 19.7 Å². The Kier molecular flexibility index (Phi) is 6.69. The molecule has 0 bridgehead atoms. The normalized spacial score (nSPS) is 14.0. The fourth-order valence-corrected chi connectivity index (χ4v) is 4.57. The molecule has 1 fully saturated rings. The van der Waals surface area contributed by atoms with Gasteiger partial charge >= 0.3 is 0 Å². The van der Waals surface area contributed by atoms with Gasteiger partial charge in [0, 0.05) is 19.5 Å². The molecule has 30 heavy (non-hydrogen) atoms. The second kappa shape index (κ2) is 9.80. The third-order valence-corrected chi connectivity index (χ3v) is 6.18. The summed E-state index contributed by atoms with van der Waals surface area (Å²) in [6.45, 7) is 1.72. The highest BCUT2D eigenvalue weighted by molar-refractivity contribution is 7.99. The minimum atomic E-state index is 0.166. The van der Waals surface area contributed by atoms with Crippen molar-refractivity contribution in [3.63, 3.8) is 0 Å². The Morgan fingerprint density at radius 3 is 2.50 bits per heavy atom. The van der Waals surface area contributed by atoms with Crippen molar-refractivity contribution in [3.8, 4) is 11.4 Å². The summed E-state index contributed by atoms with van der Waals surface area (Å²) in [5.41, 5.74) is 2.03. The maximum Gasteiger partial charge on any atom is 0.233 e. The highest BCUT2D eigenvalue weighted by Crippen LogP contribution is 2.29. The van der Waals surface area contributed by atoms with Crippen LogP contribution < -0.4 is 4.74 Å². The number of amides is 1. The molecule has 0 unspecified atom stereocenters. The number of benzene rings is 2. The number of carbonyl (C=O) groups is 1. The van der Waals surface area contributed by atoms with Gasteiger partial charge in [-0.15, -0.1) is 10.2 Å². The minimum Gasteiger partial charge on any atom is -0.495 e. The summed E-state index contributed by atoms with van der Waals surface area (Å²) in [5.74, 6) is 2.09. The summed E-state index contributed by atoms with van der Waals surface area (Å²) in [5, 5.41) is 9.60. The molecular weight excluding hydrogens is 396 g/mol. The number of methoxy groups -OCH3 is 1. The Morgan fingerprint density at radius 1 is 1.00 bits per heavy atom. The van der Waals surface area contributed by atoms with Crippen LogP contribution in [0.15, 0.2) is 59.8 Å². The van der Waals surface area contributed by atoms with Crippen LogP contribution in [0.3, 0.4) is 0 Å². The fraction of sp³-hybridized carbons (Fsp3) is 0.348. The molecule has 0 atom stereocenters. The second-order valence-corrected chi connectivity index (χ2v) is 8.24. The number of ether oxygens (including phenoxy) is 1. The average molecular weight is 423 g/mol. The molecule has 1 aliphatic heterocycles. The first-order chi connectivity index (χ1) is 14.8. The quantitative estimate of drug-likeness (QED) is 0.539. The average Bonchev–Trinajstić information content (AvgIpc) is 3.20. The third-order valence-electron chi connectivity index (χ3n) is 5.27. The van der Waals surface area contributed by atoms with Crippen molar-refractivity contribution in [3.05, 3.63) is 66.0 Å². The van der Waals surface area contributed by atoms with Gasteiger partial charge in [0.15, 0.2) is 5.16 Å². The molecule has 156 valence electrons. The van der Waals surface area contributed by atoms with Gasteiger partial charge in [0.2, 0.25) is 5.91 Å². The van der Waals surface area contributed by atoms with Gasteiger partial charge in [0.05, 0.1) is 18.6 Å². The molecule has 0 saturated carbocycles. The number of thioether (sulfide) groups is 1. The Balaban J connectivity index is 1.62. The van der Waals surface area contributed by atoms with E-state index in [1.54, 1.807) is 7.11 Å². The smallest absolute Gasteiger partial charge is 0.233 e. The number of aromatic nitrogens is 3. The van der Waals surface area contributed by atoms with E-state index in [9.17, 15) is 4.79 Å². The van der Waals surface area contributed by atoms with Crippen LogP contribution in [0.4, 0.5) is 0 Å². The molecule has 1 saturated heterocycles. The minimum absolute atomic E-state index is 0.166. The molecule has 6 nitrogen and oxygen atoms in total. The van der Waals surface area contributed by atoms with E-state index in [2.05, 4.69) is 22.3 Å². The molecule has 0 aliphatic carbocycles. The summed E-state index contributed by atoms with van der Waals surface area (Å²) < 4.78 is 7.60. The fourth-order valence-electron chi connectivity index (χ4n) is 3.70. The molecule has 1 aliphatic rings. The zero-order chi connectivity index (χ0) is 20.8. The van der Waals surface area contributed by atoms with Crippen LogP contribution in [-0.2, 0) is 11.2 Å². The molecule has 7 heteroatoms. The number of piperidine rings is 1. The summed E-state index contributed by atoms with van der Waals surface area (Å²) in [6.07, 6.45) is 4.04. The number of likely N-dealkylation sites (tertiary alicyclic amines) is 1. The molecule has 1 amide bonds. The molecule has 0 N–H and O–H groups in total. The van der Waals surface area contributed by atoms with Gasteiger partial charge in [-0.05, 0) is 37.0 Å². The van der Waals surface area contributed by atoms with Gasteiger partial charge in [0.1, 0.15) is 11.6 Å². The van der Waals surface area contributed by atoms with Crippen molar-refractivity contribution in [2.45, 2.75) is 30.8 Å². The Bertz CT molecular complexity index is 984. The van der Waals surface area contributed by atoms with E-state index in [-0.39, 0.29) is 5.91 Å². The third kappa shape index (κ3) is 4.67. The van der Waals surface area contributed by atoms with E-state index >= 15 is 0 Å². The summed E-state index contributed by atoms with van der Waals surface area (Å²) >= 11 is 1.44. The maximum atomic E-state index is 12.7. The number of carbonyl (C=O) groups excluding carboxylic acids is 1. The van der Waals surface area contributed by atoms with Crippen LogP contribution >= 0.6 is 11.8 Å². The molecule has 4 rings (SSSR count). The van der Waals surface area contributed by atoms with E-state index in [0.717, 1.165) is 48.8 Å². The van der Waals surface area contributed by atoms with Gasteiger partial charge < -0.3 is 9.64 Å². The topological polar surface area (TPSA) is 60.2 Å². The zero-order valence-corrected chi connectivity index (χ0v) is 18.0. The highest BCUT2D eigenvalue weighted by atomic mass is 32.2. The molecular formula is C23H26N4O2S. The lowest BCUT2D eigenvalue weighted by Gasteiger charge is -2.26. The van der Waals surface area contributed by atoms with Gasteiger partial charge in [0.25, 0.3) is 0 Å². The summed E-state index contributed by atoms with van der Waals surface area (Å²) in [6, 6.07) is 18.0. The van der Waals surface area contributed by atoms with Crippen LogP contribution in [0.1, 0.15) is 30.7 Å². The number of para-hydroxylation sites is 2.